The van der Waals surface area contributed by atoms with Crippen LogP contribution in [-0.2, 0) is 30.3 Å². The number of ketones is 2. The SMILES string of the molecule is COC(=O)/C(C)=C\CC1(O)C(=O)C2CC(C(C)C)C13Oc1c(CC=C(C)C)c4c(c(OC(=O)CCC(=O)N5CCN(C)CC5)c1C(=O)C3C2C(C#N)C#N)C=CC(C)(CCC=C(C)C)O4. The van der Waals surface area contributed by atoms with Crippen molar-refractivity contribution in [1.29, 1.82) is 10.5 Å². The number of hydrogen-bond acceptors (Lipinski definition) is 13. The lowest BCUT2D eigenvalue weighted by Gasteiger charge is -2.67. The van der Waals surface area contributed by atoms with Gasteiger partial charge in [-0.1, -0.05) is 43.2 Å². The Labute approximate surface area is 382 Å². The average molecular weight is 893 g/mol. The standard InChI is InChI=1S/C51H64N4O10/c1-29(2)12-11-19-49(8)20-18-35-44(64-49)34(14-13-30(3)4)46-41(45(35)63-39(57)16-15-38(56)55-24-22-54(9)23-25-55)43(58)42-40(33(27-52)28-53)36-26-37(31(5)6)51(42,65-46)50(61,47(36)59)21-17-32(7)48(60)62-10/h12-13,17-18,20,31,33,36-37,40,42,61H,11,14-16,19,21-26H2,1-10H3/b32-17-. The van der Waals surface area contributed by atoms with Gasteiger partial charge >= 0.3 is 11.9 Å². The Morgan fingerprint density at radius 2 is 1.63 bits per heavy atom. The van der Waals surface area contributed by atoms with Crippen LogP contribution in [0.5, 0.6) is 17.2 Å². The highest BCUT2D eigenvalue weighted by Gasteiger charge is 2.79. The molecule has 1 spiro atoms. The summed E-state index contributed by atoms with van der Waals surface area (Å²) >= 11 is 0. The van der Waals surface area contributed by atoms with Gasteiger partial charge in [0, 0.05) is 67.9 Å². The highest BCUT2D eigenvalue weighted by atomic mass is 16.6. The Hall–Kier alpha value is -5.57. The summed E-state index contributed by atoms with van der Waals surface area (Å²) in [6.07, 6.45) is 9.74. The second-order valence-corrected chi connectivity index (χ2v) is 19.5. The number of rotatable bonds is 14. The minimum absolute atomic E-state index is 0.0455. The lowest BCUT2D eigenvalue weighted by atomic mass is 9.40. The van der Waals surface area contributed by atoms with Gasteiger partial charge < -0.3 is 33.9 Å². The summed E-state index contributed by atoms with van der Waals surface area (Å²) in [6.45, 7) is 17.6. The van der Waals surface area contributed by atoms with Crippen molar-refractivity contribution < 1.29 is 48.0 Å². The number of fused-ring (bicyclic) bond motifs is 4. The van der Waals surface area contributed by atoms with Gasteiger partial charge in [0.2, 0.25) is 5.91 Å². The number of aliphatic hydroxyl groups is 1. The molecule has 6 aliphatic rings. The molecule has 1 amide bonds. The molecule has 1 saturated heterocycles. The summed E-state index contributed by atoms with van der Waals surface area (Å²) in [4.78, 5) is 75.0. The largest absolute Gasteiger partial charge is 0.482 e. The first-order valence-electron chi connectivity index (χ1n) is 22.8. The zero-order valence-electron chi connectivity index (χ0n) is 39.5. The molecular formula is C51H64N4O10. The van der Waals surface area contributed by atoms with Crippen molar-refractivity contribution in [1.82, 2.24) is 9.80 Å². The van der Waals surface area contributed by atoms with E-state index in [1.807, 2.05) is 79.8 Å². The third kappa shape index (κ3) is 8.92. The number of amides is 1. The van der Waals surface area contributed by atoms with Crippen LogP contribution in [0, 0.1) is 58.2 Å². The van der Waals surface area contributed by atoms with E-state index in [0.717, 1.165) is 11.1 Å². The molecule has 3 saturated carbocycles. The van der Waals surface area contributed by atoms with Crippen LogP contribution in [0.3, 0.4) is 0 Å². The lowest BCUT2D eigenvalue weighted by molar-refractivity contribution is -0.253. The number of nitrogens with zero attached hydrogens (tertiary/aromatic N) is 4. The van der Waals surface area contributed by atoms with E-state index in [0.29, 0.717) is 50.1 Å². The van der Waals surface area contributed by atoms with Crippen LogP contribution in [0.4, 0.5) is 0 Å². The first-order valence-corrected chi connectivity index (χ1v) is 22.8. The highest BCUT2D eigenvalue weighted by molar-refractivity contribution is 6.10. The van der Waals surface area contributed by atoms with Gasteiger partial charge in [-0.05, 0) is 92.3 Å². The van der Waals surface area contributed by atoms with E-state index in [-0.39, 0.29) is 65.9 Å². The van der Waals surface area contributed by atoms with E-state index in [2.05, 4.69) is 11.0 Å². The second-order valence-electron chi connectivity index (χ2n) is 19.5. The van der Waals surface area contributed by atoms with Gasteiger partial charge in [-0.25, -0.2) is 4.79 Å². The summed E-state index contributed by atoms with van der Waals surface area (Å²) in [6, 6.07) is 4.07. The van der Waals surface area contributed by atoms with Crippen molar-refractivity contribution in [3.05, 3.63) is 57.7 Å². The average Bonchev–Trinajstić information content (AvgIpc) is 3.25. The quantitative estimate of drug-likeness (QED) is 0.0878. The van der Waals surface area contributed by atoms with Crippen LogP contribution in [0.2, 0.25) is 0 Å². The van der Waals surface area contributed by atoms with E-state index in [1.54, 1.807) is 11.0 Å². The summed E-state index contributed by atoms with van der Waals surface area (Å²) in [7, 11) is 3.20. The molecule has 0 radical (unpaired) electrons. The van der Waals surface area contributed by atoms with Crippen LogP contribution >= 0.6 is 0 Å². The van der Waals surface area contributed by atoms with Gasteiger partial charge in [0.25, 0.3) is 0 Å². The molecule has 1 aromatic carbocycles. The van der Waals surface area contributed by atoms with Gasteiger partial charge in [0.1, 0.15) is 28.6 Å². The lowest BCUT2D eigenvalue weighted by Crippen LogP contribution is -2.82. The number of methoxy groups -OCH3 is 1. The van der Waals surface area contributed by atoms with Gasteiger partial charge in [-0.15, -0.1) is 0 Å². The minimum atomic E-state index is -2.45. The number of carbonyl (C=O) groups excluding carboxylic acids is 5. The third-order valence-corrected chi connectivity index (χ3v) is 14.2. The molecule has 3 heterocycles. The maximum Gasteiger partial charge on any atom is 0.333 e. The van der Waals surface area contributed by atoms with E-state index in [4.69, 9.17) is 18.9 Å². The molecule has 14 nitrogen and oxygen atoms in total. The molecule has 65 heavy (non-hydrogen) atoms. The third-order valence-electron chi connectivity index (χ3n) is 14.2. The predicted octanol–water partition coefficient (Wildman–Crippen LogP) is 6.89. The minimum Gasteiger partial charge on any atom is -0.482 e. The Morgan fingerprint density at radius 1 is 0.969 bits per heavy atom. The van der Waals surface area contributed by atoms with Crippen molar-refractivity contribution >= 4 is 35.5 Å². The van der Waals surface area contributed by atoms with Crippen molar-refractivity contribution in [3.8, 4) is 29.4 Å². The van der Waals surface area contributed by atoms with Gasteiger partial charge in [-0.2, -0.15) is 10.5 Å². The van der Waals surface area contributed by atoms with Crippen LogP contribution in [0.25, 0.3) is 6.08 Å². The van der Waals surface area contributed by atoms with Crippen LogP contribution in [0.15, 0.2) is 41.0 Å². The molecule has 14 heteroatoms. The number of Topliss-reactive ketones (excluding diaryl/α,β-unsaturated/α-hetero) is 2. The smallest absolute Gasteiger partial charge is 0.333 e. The first kappa shape index (κ1) is 48.9. The number of carbonyl (C=O) groups is 5. The zero-order chi connectivity index (χ0) is 47.8. The van der Waals surface area contributed by atoms with Crippen LogP contribution in [-0.4, -0.2) is 101 Å². The number of likely N-dealkylation sites (N-methyl/N-ethyl adjacent to an activating group) is 1. The zero-order valence-corrected chi connectivity index (χ0v) is 39.5. The topological polar surface area (TPSA) is 197 Å². The molecule has 348 valence electrons. The van der Waals surface area contributed by atoms with Crippen LogP contribution in [0.1, 0.15) is 115 Å². The molecule has 3 aliphatic heterocycles. The van der Waals surface area contributed by atoms with Gasteiger partial charge in [0.15, 0.2) is 28.5 Å². The summed E-state index contributed by atoms with van der Waals surface area (Å²) < 4.78 is 25.6. The molecule has 4 fully saturated rings. The van der Waals surface area contributed by atoms with Crippen molar-refractivity contribution in [3.63, 3.8) is 0 Å². The molecule has 3 aliphatic carbocycles. The van der Waals surface area contributed by atoms with E-state index in [1.165, 1.54) is 20.1 Å². The predicted molar refractivity (Wildman–Crippen MR) is 241 cm³/mol. The van der Waals surface area contributed by atoms with E-state index < -0.39 is 76.3 Å². The van der Waals surface area contributed by atoms with Crippen LogP contribution < -0.4 is 14.2 Å². The highest BCUT2D eigenvalue weighted by Crippen LogP contribution is 2.67. The Morgan fingerprint density at radius 3 is 2.23 bits per heavy atom. The number of hydrogen-bond donors (Lipinski definition) is 1. The maximum absolute atomic E-state index is 16.1. The first-order chi connectivity index (χ1) is 30.7. The number of ether oxygens (including phenoxy) is 4. The number of allylic oxidation sites excluding steroid dienone is 4. The van der Waals surface area contributed by atoms with E-state index in [9.17, 15) is 30.0 Å². The van der Waals surface area contributed by atoms with Crippen molar-refractivity contribution in [2.75, 3.05) is 40.3 Å². The van der Waals surface area contributed by atoms with E-state index >= 15 is 9.59 Å². The second kappa shape index (κ2) is 19.1. The summed E-state index contributed by atoms with van der Waals surface area (Å²) in [5, 5.41) is 34.3. The Bertz CT molecular complexity index is 2320. The number of nitriles is 2. The number of benzene rings is 1. The fourth-order valence-corrected chi connectivity index (χ4v) is 10.7. The van der Waals surface area contributed by atoms with Gasteiger partial charge in [0.05, 0.1) is 37.2 Å². The molecule has 7 rings (SSSR count). The summed E-state index contributed by atoms with van der Waals surface area (Å²) in [5.74, 6) is -9.21. The molecule has 2 bridgehead atoms. The number of esters is 2. The normalized spacial score (nSPS) is 27.9. The summed E-state index contributed by atoms with van der Waals surface area (Å²) in [5.41, 5.74) is -2.65. The number of piperazine rings is 1. The van der Waals surface area contributed by atoms with Crippen molar-refractivity contribution in [2.45, 2.75) is 117 Å². The fraction of sp³-hybridized carbons (Fsp3) is 0.588. The van der Waals surface area contributed by atoms with Gasteiger partial charge in [-0.3, -0.25) is 19.2 Å². The molecular weight excluding hydrogens is 829 g/mol. The Kier molecular flexibility index (Phi) is 14.4. The molecule has 7 unspecified atom stereocenters. The monoisotopic (exact) mass is 892 g/mol. The molecule has 7 atom stereocenters. The maximum atomic E-state index is 16.1. The Balaban J connectivity index is 1.63. The van der Waals surface area contributed by atoms with Crippen molar-refractivity contribution in [2.24, 2.45) is 35.5 Å². The molecule has 1 N–H and O–H groups in total. The molecule has 0 aromatic heterocycles. The molecule has 1 aromatic rings. The fourth-order valence-electron chi connectivity index (χ4n) is 10.7.